The molecule has 0 radical (unpaired) electrons. The zero-order valence-electron chi connectivity index (χ0n) is 11.7. The molecule has 0 saturated carbocycles. The van der Waals surface area contributed by atoms with Crippen LogP contribution in [0.2, 0.25) is 0 Å². The molecule has 0 N–H and O–H groups in total. The molecule has 1 aliphatic heterocycles. The molecule has 0 aliphatic carbocycles. The van der Waals surface area contributed by atoms with Crippen LogP contribution in [-0.2, 0) is 0 Å². The van der Waals surface area contributed by atoms with Crippen molar-refractivity contribution in [2.24, 2.45) is 0 Å². The SMILES string of the molecule is O=[N+]([O-])c1cccc([N+](=O)[O-])c1C=Cc1ccc2c(c1)OCO2. The number of rotatable bonds is 4. The normalized spacial score (nSPS) is 12.5. The number of fused-ring (bicyclic) bond motifs is 1. The molecule has 8 nitrogen and oxygen atoms in total. The Morgan fingerprint density at radius 2 is 1.57 bits per heavy atom. The van der Waals surface area contributed by atoms with Gasteiger partial charge in [0.05, 0.1) is 9.85 Å². The molecule has 1 aliphatic rings. The minimum atomic E-state index is -0.647. The lowest BCUT2D eigenvalue weighted by Gasteiger charge is -2.00. The highest BCUT2D eigenvalue weighted by atomic mass is 16.7. The first-order chi connectivity index (χ1) is 11.1. The molecule has 0 saturated heterocycles. The Bertz CT molecular complexity index is 798. The number of ether oxygens (including phenoxy) is 2. The van der Waals surface area contributed by atoms with Gasteiger partial charge in [0.2, 0.25) is 6.79 Å². The molecular weight excluding hydrogens is 304 g/mol. The summed E-state index contributed by atoms with van der Waals surface area (Å²) >= 11 is 0. The molecule has 2 aromatic rings. The fourth-order valence-corrected chi connectivity index (χ4v) is 2.23. The van der Waals surface area contributed by atoms with Gasteiger partial charge in [-0.2, -0.15) is 0 Å². The lowest BCUT2D eigenvalue weighted by atomic mass is 10.1. The third-order valence-corrected chi connectivity index (χ3v) is 3.29. The Balaban J connectivity index is 2.01. The van der Waals surface area contributed by atoms with Crippen LogP contribution in [0.25, 0.3) is 12.2 Å². The van der Waals surface area contributed by atoms with Crippen LogP contribution in [0, 0.1) is 20.2 Å². The number of hydrogen-bond acceptors (Lipinski definition) is 6. The lowest BCUT2D eigenvalue weighted by molar-refractivity contribution is -0.394. The molecular formula is C15H10N2O6. The van der Waals surface area contributed by atoms with Crippen molar-refractivity contribution in [3.63, 3.8) is 0 Å². The van der Waals surface area contributed by atoms with Gasteiger partial charge in [-0.05, 0) is 29.8 Å². The van der Waals surface area contributed by atoms with E-state index in [-0.39, 0.29) is 23.7 Å². The van der Waals surface area contributed by atoms with Crippen molar-refractivity contribution in [3.05, 3.63) is 67.8 Å². The van der Waals surface area contributed by atoms with E-state index >= 15 is 0 Å². The van der Waals surface area contributed by atoms with Gasteiger partial charge in [-0.1, -0.05) is 12.1 Å². The van der Waals surface area contributed by atoms with Crippen LogP contribution in [-0.4, -0.2) is 16.6 Å². The van der Waals surface area contributed by atoms with E-state index in [4.69, 9.17) is 9.47 Å². The minimum Gasteiger partial charge on any atom is -0.454 e. The summed E-state index contributed by atoms with van der Waals surface area (Å²) in [6.07, 6.45) is 2.91. The summed E-state index contributed by atoms with van der Waals surface area (Å²) in [6.45, 7) is 0.137. The van der Waals surface area contributed by atoms with Crippen LogP contribution >= 0.6 is 0 Å². The predicted molar refractivity (Wildman–Crippen MR) is 81.2 cm³/mol. The van der Waals surface area contributed by atoms with Crippen LogP contribution in [0.5, 0.6) is 11.5 Å². The molecule has 1 heterocycles. The van der Waals surface area contributed by atoms with Crippen molar-refractivity contribution in [1.82, 2.24) is 0 Å². The van der Waals surface area contributed by atoms with Crippen molar-refractivity contribution < 1.29 is 19.3 Å². The van der Waals surface area contributed by atoms with Crippen LogP contribution in [0.3, 0.4) is 0 Å². The second-order valence-electron chi connectivity index (χ2n) is 4.67. The second-order valence-corrected chi connectivity index (χ2v) is 4.67. The average molecular weight is 314 g/mol. The number of nitro groups is 2. The zero-order valence-corrected chi connectivity index (χ0v) is 11.7. The maximum atomic E-state index is 11.1. The Kier molecular flexibility index (Phi) is 3.63. The van der Waals surface area contributed by atoms with Gasteiger partial charge in [0, 0.05) is 12.1 Å². The maximum absolute atomic E-state index is 11.1. The summed E-state index contributed by atoms with van der Waals surface area (Å²) in [7, 11) is 0. The molecule has 0 amide bonds. The van der Waals surface area contributed by atoms with Crippen LogP contribution in [0.4, 0.5) is 11.4 Å². The van der Waals surface area contributed by atoms with Gasteiger partial charge in [0.25, 0.3) is 11.4 Å². The topological polar surface area (TPSA) is 105 Å². The van der Waals surface area contributed by atoms with E-state index in [2.05, 4.69) is 0 Å². The van der Waals surface area contributed by atoms with Gasteiger partial charge in [0.15, 0.2) is 11.5 Å². The summed E-state index contributed by atoms with van der Waals surface area (Å²) in [5, 5.41) is 22.1. The van der Waals surface area contributed by atoms with Gasteiger partial charge in [-0.3, -0.25) is 20.2 Å². The van der Waals surface area contributed by atoms with Crippen LogP contribution in [0.15, 0.2) is 36.4 Å². The van der Waals surface area contributed by atoms with E-state index in [9.17, 15) is 20.2 Å². The number of benzene rings is 2. The molecule has 116 valence electrons. The number of hydrogen-bond donors (Lipinski definition) is 0. The number of nitro benzene ring substituents is 2. The molecule has 0 atom stereocenters. The first-order valence-electron chi connectivity index (χ1n) is 6.56. The molecule has 0 unspecified atom stereocenters. The van der Waals surface area contributed by atoms with E-state index in [1.165, 1.54) is 24.3 Å². The second kappa shape index (κ2) is 5.76. The fraction of sp³-hybridized carbons (Fsp3) is 0.0667. The van der Waals surface area contributed by atoms with Crippen molar-refractivity contribution in [3.8, 4) is 11.5 Å². The maximum Gasteiger partial charge on any atom is 0.283 e. The van der Waals surface area contributed by atoms with Crippen molar-refractivity contribution in [1.29, 1.82) is 0 Å². The first-order valence-corrected chi connectivity index (χ1v) is 6.56. The summed E-state index contributed by atoms with van der Waals surface area (Å²) in [4.78, 5) is 20.9. The Labute approximate surface area is 129 Å². The quantitative estimate of drug-likeness (QED) is 0.486. The van der Waals surface area contributed by atoms with Crippen molar-refractivity contribution >= 4 is 23.5 Å². The Morgan fingerprint density at radius 1 is 0.913 bits per heavy atom. The minimum absolute atomic E-state index is 0.0554. The lowest BCUT2D eigenvalue weighted by Crippen LogP contribution is -1.97. The molecule has 2 aromatic carbocycles. The van der Waals surface area contributed by atoms with Crippen LogP contribution < -0.4 is 9.47 Å². The summed E-state index contributed by atoms with van der Waals surface area (Å²) in [5.41, 5.74) is -0.0192. The van der Waals surface area contributed by atoms with Gasteiger partial charge in [-0.15, -0.1) is 0 Å². The first kappa shape index (κ1) is 14.5. The van der Waals surface area contributed by atoms with E-state index in [1.807, 2.05) is 0 Å². The highest BCUT2D eigenvalue weighted by Gasteiger charge is 2.22. The third kappa shape index (κ3) is 2.82. The molecule has 23 heavy (non-hydrogen) atoms. The standard InChI is InChI=1S/C15H10N2O6/c18-16(19)12-2-1-3-13(17(20)21)11(12)6-4-10-5-7-14-15(8-10)23-9-22-14/h1-8H,9H2. The summed E-state index contributed by atoms with van der Waals surface area (Å²) in [6, 6.07) is 8.87. The van der Waals surface area contributed by atoms with Gasteiger partial charge >= 0.3 is 0 Å². The smallest absolute Gasteiger partial charge is 0.283 e. The molecule has 8 heteroatoms. The molecule has 0 aromatic heterocycles. The average Bonchev–Trinajstić information content (AvgIpc) is 2.99. The third-order valence-electron chi connectivity index (χ3n) is 3.29. The van der Waals surface area contributed by atoms with Gasteiger partial charge in [-0.25, -0.2) is 0 Å². The predicted octanol–water partition coefficient (Wildman–Crippen LogP) is 3.40. The Hall–Kier alpha value is -3.42. The van der Waals surface area contributed by atoms with E-state index in [0.717, 1.165) is 0 Å². The fourth-order valence-electron chi connectivity index (χ4n) is 2.23. The van der Waals surface area contributed by atoms with E-state index < -0.39 is 9.85 Å². The summed E-state index contributed by atoms with van der Waals surface area (Å²) in [5.74, 6) is 1.17. The number of nitrogens with zero attached hydrogens (tertiary/aromatic N) is 2. The van der Waals surface area contributed by atoms with Gasteiger partial charge < -0.3 is 9.47 Å². The van der Waals surface area contributed by atoms with Crippen molar-refractivity contribution in [2.75, 3.05) is 6.79 Å². The van der Waals surface area contributed by atoms with E-state index in [1.54, 1.807) is 24.3 Å². The molecule has 0 spiro atoms. The van der Waals surface area contributed by atoms with Crippen molar-refractivity contribution in [2.45, 2.75) is 0 Å². The molecule has 3 rings (SSSR count). The Morgan fingerprint density at radius 3 is 2.22 bits per heavy atom. The highest BCUT2D eigenvalue weighted by molar-refractivity contribution is 5.79. The molecule has 0 fully saturated rings. The summed E-state index contributed by atoms with van der Waals surface area (Å²) < 4.78 is 10.4. The van der Waals surface area contributed by atoms with Crippen LogP contribution in [0.1, 0.15) is 11.1 Å². The monoisotopic (exact) mass is 314 g/mol. The van der Waals surface area contributed by atoms with Gasteiger partial charge in [0.1, 0.15) is 5.56 Å². The molecule has 0 bridgehead atoms. The van der Waals surface area contributed by atoms with E-state index in [0.29, 0.717) is 17.1 Å². The highest BCUT2D eigenvalue weighted by Crippen LogP contribution is 2.34. The largest absolute Gasteiger partial charge is 0.454 e. The zero-order chi connectivity index (χ0) is 16.4.